The van der Waals surface area contributed by atoms with Crippen LogP contribution in [0.1, 0.15) is 89.5 Å². The predicted octanol–water partition coefficient (Wildman–Crippen LogP) is 6.50. The Balaban J connectivity index is 1.91. The molecular formula is C23H36N2O. The highest BCUT2D eigenvalue weighted by Gasteiger charge is 1.99. The van der Waals surface area contributed by atoms with E-state index in [-0.39, 0.29) is 5.91 Å². The SMILES string of the molecule is CCCCCCCCCCCCCC(=O)N/N=C/C=C/c1ccccc1. The minimum Gasteiger partial charge on any atom is -0.273 e. The molecule has 0 unspecified atom stereocenters. The molecule has 1 aromatic carbocycles. The van der Waals surface area contributed by atoms with Crippen LogP contribution in [0, 0.1) is 0 Å². The molecule has 0 aliphatic carbocycles. The highest BCUT2D eigenvalue weighted by Crippen LogP contribution is 2.11. The molecule has 0 bridgehead atoms. The van der Waals surface area contributed by atoms with Crippen molar-refractivity contribution in [3.05, 3.63) is 42.0 Å². The number of carbonyl (C=O) groups is 1. The van der Waals surface area contributed by atoms with Gasteiger partial charge in [0.1, 0.15) is 0 Å². The molecule has 3 heteroatoms. The molecule has 0 atom stereocenters. The molecule has 144 valence electrons. The van der Waals surface area contributed by atoms with E-state index in [9.17, 15) is 4.79 Å². The second-order valence-corrected chi connectivity index (χ2v) is 6.87. The van der Waals surface area contributed by atoms with Crippen LogP contribution in [0.5, 0.6) is 0 Å². The van der Waals surface area contributed by atoms with Crippen molar-refractivity contribution in [1.82, 2.24) is 5.43 Å². The first-order chi connectivity index (χ1) is 12.8. The van der Waals surface area contributed by atoms with Crippen LogP contribution in [0.4, 0.5) is 0 Å². The van der Waals surface area contributed by atoms with Crippen LogP contribution in [0.25, 0.3) is 6.08 Å². The van der Waals surface area contributed by atoms with Crippen LogP contribution in [-0.2, 0) is 4.79 Å². The van der Waals surface area contributed by atoms with Crippen molar-refractivity contribution < 1.29 is 4.79 Å². The Kier molecular flexibility index (Phi) is 14.1. The summed E-state index contributed by atoms with van der Waals surface area (Å²) >= 11 is 0. The summed E-state index contributed by atoms with van der Waals surface area (Å²) in [6.45, 7) is 2.26. The molecule has 1 N–H and O–H groups in total. The third kappa shape index (κ3) is 13.4. The number of hydrazone groups is 1. The second kappa shape index (κ2) is 16.6. The first kappa shape index (κ1) is 22.1. The fourth-order valence-corrected chi connectivity index (χ4v) is 2.88. The van der Waals surface area contributed by atoms with Gasteiger partial charge in [-0.2, -0.15) is 5.10 Å². The first-order valence-electron chi connectivity index (χ1n) is 10.4. The van der Waals surface area contributed by atoms with Crippen LogP contribution in [0.15, 0.2) is 41.5 Å². The molecular weight excluding hydrogens is 320 g/mol. The third-order valence-electron chi connectivity index (χ3n) is 4.45. The van der Waals surface area contributed by atoms with Gasteiger partial charge in [-0.3, -0.25) is 4.79 Å². The minimum atomic E-state index is 0.00489. The zero-order chi connectivity index (χ0) is 18.7. The van der Waals surface area contributed by atoms with Crippen LogP contribution >= 0.6 is 0 Å². The van der Waals surface area contributed by atoms with Crippen LogP contribution in [-0.4, -0.2) is 12.1 Å². The lowest BCUT2D eigenvalue weighted by Gasteiger charge is -2.02. The molecule has 1 aromatic rings. The number of unbranched alkanes of at least 4 members (excludes halogenated alkanes) is 10. The van der Waals surface area contributed by atoms with Crippen LogP contribution < -0.4 is 5.43 Å². The van der Waals surface area contributed by atoms with Gasteiger partial charge in [-0.05, 0) is 18.1 Å². The van der Waals surface area contributed by atoms with Gasteiger partial charge in [0.15, 0.2) is 0 Å². The highest BCUT2D eigenvalue weighted by molar-refractivity contribution is 5.81. The lowest BCUT2D eigenvalue weighted by Crippen LogP contribution is -2.16. The van der Waals surface area contributed by atoms with Crippen molar-refractivity contribution in [3.8, 4) is 0 Å². The summed E-state index contributed by atoms with van der Waals surface area (Å²) in [5.41, 5.74) is 3.70. The molecule has 1 rings (SSSR count). The number of hydrogen-bond acceptors (Lipinski definition) is 2. The van der Waals surface area contributed by atoms with Crippen molar-refractivity contribution in [2.45, 2.75) is 84.0 Å². The summed E-state index contributed by atoms with van der Waals surface area (Å²) in [5, 5.41) is 3.94. The Morgan fingerprint density at radius 1 is 0.885 bits per heavy atom. The van der Waals surface area contributed by atoms with Crippen molar-refractivity contribution in [2.24, 2.45) is 5.10 Å². The monoisotopic (exact) mass is 356 g/mol. The van der Waals surface area contributed by atoms with E-state index in [1.165, 1.54) is 57.8 Å². The highest BCUT2D eigenvalue weighted by atomic mass is 16.2. The van der Waals surface area contributed by atoms with Crippen LogP contribution in [0.2, 0.25) is 0 Å². The molecule has 0 aliphatic heterocycles. The lowest BCUT2D eigenvalue weighted by atomic mass is 10.1. The van der Waals surface area contributed by atoms with Crippen molar-refractivity contribution >= 4 is 18.2 Å². The third-order valence-corrected chi connectivity index (χ3v) is 4.45. The van der Waals surface area contributed by atoms with E-state index < -0.39 is 0 Å². The maximum absolute atomic E-state index is 11.7. The topological polar surface area (TPSA) is 41.5 Å². The summed E-state index contributed by atoms with van der Waals surface area (Å²) in [7, 11) is 0. The molecule has 0 saturated heterocycles. The van der Waals surface area contributed by atoms with E-state index in [2.05, 4.69) is 17.5 Å². The van der Waals surface area contributed by atoms with Crippen molar-refractivity contribution in [3.63, 3.8) is 0 Å². The average Bonchev–Trinajstić information content (AvgIpc) is 2.66. The molecule has 0 aromatic heterocycles. The molecule has 26 heavy (non-hydrogen) atoms. The molecule has 0 radical (unpaired) electrons. The largest absolute Gasteiger partial charge is 0.273 e. The molecule has 0 saturated carbocycles. The molecule has 3 nitrogen and oxygen atoms in total. The maximum atomic E-state index is 11.7. The average molecular weight is 357 g/mol. The number of carbonyl (C=O) groups excluding carboxylic acids is 1. The zero-order valence-electron chi connectivity index (χ0n) is 16.5. The fraction of sp³-hybridized carbons (Fsp3) is 0.565. The van der Waals surface area contributed by atoms with E-state index >= 15 is 0 Å². The van der Waals surface area contributed by atoms with Gasteiger partial charge in [-0.25, -0.2) is 5.43 Å². The van der Waals surface area contributed by atoms with E-state index in [1.807, 2.05) is 42.5 Å². The number of hydrogen-bond donors (Lipinski definition) is 1. The summed E-state index contributed by atoms with van der Waals surface area (Å²) in [6.07, 6.45) is 20.2. The van der Waals surface area contributed by atoms with Gasteiger partial charge in [0.2, 0.25) is 5.91 Å². The number of benzene rings is 1. The Morgan fingerprint density at radius 2 is 1.46 bits per heavy atom. The summed E-state index contributed by atoms with van der Waals surface area (Å²) < 4.78 is 0. The van der Waals surface area contributed by atoms with Gasteiger partial charge in [0.25, 0.3) is 0 Å². The summed E-state index contributed by atoms with van der Waals surface area (Å²) in [4.78, 5) is 11.7. The summed E-state index contributed by atoms with van der Waals surface area (Å²) in [6, 6.07) is 10.0. The zero-order valence-corrected chi connectivity index (χ0v) is 16.5. The number of rotatable bonds is 15. The number of nitrogens with one attached hydrogen (secondary N) is 1. The number of allylic oxidation sites excluding steroid dienone is 1. The van der Waals surface area contributed by atoms with Gasteiger partial charge in [0.05, 0.1) is 0 Å². The van der Waals surface area contributed by atoms with Crippen molar-refractivity contribution in [1.29, 1.82) is 0 Å². The standard InChI is InChI=1S/C23H36N2O/c1-2-3-4-5-6-7-8-9-10-11-15-20-23(26)25-24-21-16-19-22-17-13-12-14-18-22/h12-14,16-19,21H,2-11,15,20H2,1H3,(H,25,26)/b19-16+,24-21+. The Hall–Kier alpha value is -1.90. The van der Waals surface area contributed by atoms with E-state index in [0.717, 1.165) is 18.4 Å². The molecule has 0 spiro atoms. The quantitative estimate of drug-likeness (QED) is 0.217. The Morgan fingerprint density at radius 3 is 2.08 bits per heavy atom. The lowest BCUT2D eigenvalue weighted by molar-refractivity contribution is -0.121. The Bertz CT molecular complexity index is 508. The van der Waals surface area contributed by atoms with Gasteiger partial charge in [-0.15, -0.1) is 0 Å². The van der Waals surface area contributed by atoms with Gasteiger partial charge >= 0.3 is 0 Å². The van der Waals surface area contributed by atoms with Crippen LogP contribution in [0.3, 0.4) is 0 Å². The maximum Gasteiger partial charge on any atom is 0.240 e. The molecule has 0 fully saturated rings. The van der Waals surface area contributed by atoms with Gasteiger partial charge in [0, 0.05) is 12.6 Å². The Labute approximate surface area is 160 Å². The smallest absolute Gasteiger partial charge is 0.240 e. The molecule has 1 amide bonds. The van der Waals surface area contributed by atoms with Gasteiger partial charge in [-0.1, -0.05) is 108 Å². The van der Waals surface area contributed by atoms with E-state index in [1.54, 1.807) is 6.21 Å². The predicted molar refractivity (Wildman–Crippen MR) is 113 cm³/mol. The normalized spacial score (nSPS) is 11.4. The molecule has 0 heterocycles. The van der Waals surface area contributed by atoms with E-state index in [0.29, 0.717) is 6.42 Å². The number of nitrogens with zero attached hydrogens (tertiary/aromatic N) is 1. The summed E-state index contributed by atoms with van der Waals surface area (Å²) in [5.74, 6) is 0.00489. The van der Waals surface area contributed by atoms with Gasteiger partial charge < -0.3 is 0 Å². The molecule has 0 aliphatic rings. The first-order valence-corrected chi connectivity index (χ1v) is 10.4. The fourth-order valence-electron chi connectivity index (χ4n) is 2.88. The number of amides is 1. The minimum absolute atomic E-state index is 0.00489. The van der Waals surface area contributed by atoms with E-state index in [4.69, 9.17) is 0 Å². The van der Waals surface area contributed by atoms with Crippen molar-refractivity contribution in [2.75, 3.05) is 0 Å². The second-order valence-electron chi connectivity index (χ2n) is 6.87.